The first-order valence-corrected chi connectivity index (χ1v) is 4.97. The zero-order chi connectivity index (χ0) is 10.7. The summed E-state index contributed by atoms with van der Waals surface area (Å²) < 4.78 is 5.35. The second-order valence-electron chi connectivity index (χ2n) is 3.46. The summed E-state index contributed by atoms with van der Waals surface area (Å²) >= 11 is 0. The molecule has 1 aliphatic rings. The average molecular weight is 202 g/mol. The minimum Gasteiger partial charge on any atom is -0.500 e. The maximum atomic E-state index is 5.60. The van der Waals surface area contributed by atoms with Gasteiger partial charge in [-0.2, -0.15) is 0 Å². The van der Waals surface area contributed by atoms with Crippen molar-refractivity contribution in [3.8, 4) is 0 Å². The van der Waals surface area contributed by atoms with Crippen LogP contribution in [-0.4, -0.2) is 12.1 Å². The van der Waals surface area contributed by atoms with Crippen molar-refractivity contribution in [2.45, 2.75) is 12.8 Å². The van der Waals surface area contributed by atoms with E-state index in [1.807, 2.05) is 12.1 Å². The molecule has 1 aromatic rings. The molecular weight excluding hydrogens is 188 g/mol. The van der Waals surface area contributed by atoms with Gasteiger partial charge in [-0.3, -0.25) is 4.98 Å². The fourth-order valence-electron chi connectivity index (χ4n) is 1.65. The van der Waals surface area contributed by atoms with Gasteiger partial charge in [0.15, 0.2) is 0 Å². The van der Waals surface area contributed by atoms with Crippen LogP contribution in [0.5, 0.6) is 0 Å². The molecule has 0 radical (unpaired) electrons. The molecule has 15 heavy (non-hydrogen) atoms. The smallest absolute Gasteiger partial charge is 0.105 e. The van der Waals surface area contributed by atoms with E-state index in [1.165, 1.54) is 0 Å². The third-order valence-electron chi connectivity index (χ3n) is 2.43. The van der Waals surface area contributed by atoms with Crippen molar-refractivity contribution in [2.75, 3.05) is 12.8 Å². The highest BCUT2D eigenvalue weighted by Crippen LogP contribution is 2.26. The molecular formula is C12H14N2O. The molecule has 1 aliphatic carbocycles. The van der Waals surface area contributed by atoms with E-state index < -0.39 is 0 Å². The molecule has 1 heterocycles. The van der Waals surface area contributed by atoms with E-state index in [1.54, 1.807) is 13.3 Å². The number of methoxy groups -OCH3 is 1. The zero-order valence-electron chi connectivity index (χ0n) is 8.73. The second-order valence-corrected chi connectivity index (χ2v) is 3.46. The number of hydrogen-bond donors (Lipinski definition) is 1. The van der Waals surface area contributed by atoms with E-state index in [-0.39, 0.29) is 0 Å². The Bertz CT molecular complexity index is 404. The number of rotatable bonds is 2. The first kappa shape index (κ1) is 9.77. The van der Waals surface area contributed by atoms with Crippen LogP contribution in [0.2, 0.25) is 0 Å². The highest BCUT2D eigenvalue weighted by Gasteiger charge is 2.11. The number of nitrogens with zero attached hydrogens (tertiary/aromatic N) is 1. The summed E-state index contributed by atoms with van der Waals surface area (Å²) in [6.07, 6.45) is 7.82. The number of anilines is 1. The van der Waals surface area contributed by atoms with Crippen molar-refractivity contribution < 1.29 is 4.74 Å². The predicted molar refractivity (Wildman–Crippen MR) is 61.0 cm³/mol. The molecule has 0 saturated carbocycles. The molecule has 2 N–H and O–H groups in total. The van der Waals surface area contributed by atoms with E-state index >= 15 is 0 Å². The van der Waals surface area contributed by atoms with Gasteiger partial charge in [-0.25, -0.2) is 0 Å². The lowest BCUT2D eigenvalue weighted by Crippen LogP contribution is -1.99. The van der Waals surface area contributed by atoms with Crippen molar-refractivity contribution in [2.24, 2.45) is 0 Å². The van der Waals surface area contributed by atoms with Crippen molar-refractivity contribution in [3.63, 3.8) is 0 Å². The highest BCUT2D eigenvalue weighted by atomic mass is 16.5. The summed E-state index contributed by atoms with van der Waals surface area (Å²) in [5.74, 6) is 0.995. The topological polar surface area (TPSA) is 48.1 Å². The minimum absolute atomic E-state index is 0.679. The van der Waals surface area contributed by atoms with E-state index in [4.69, 9.17) is 10.5 Å². The molecule has 0 aromatic carbocycles. The van der Waals surface area contributed by atoms with Crippen molar-refractivity contribution in [1.82, 2.24) is 4.98 Å². The number of aromatic nitrogens is 1. The van der Waals surface area contributed by atoms with Crippen LogP contribution >= 0.6 is 0 Å². The molecule has 78 valence electrons. The normalized spacial score (nSPS) is 15.5. The Kier molecular flexibility index (Phi) is 2.72. The molecule has 3 heteroatoms. The summed E-state index contributed by atoms with van der Waals surface area (Å²) in [6, 6.07) is 3.77. The predicted octanol–water partition coefficient (Wildman–Crippen LogP) is 2.37. The molecule has 0 unspecified atom stereocenters. The Balaban J connectivity index is 2.40. The van der Waals surface area contributed by atoms with Gasteiger partial charge in [0.25, 0.3) is 0 Å². The number of nitrogen functional groups attached to an aromatic ring is 1. The average Bonchev–Trinajstić information content (AvgIpc) is 2.30. The second kappa shape index (κ2) is 4.17. The highest BCUT2D eigenvalue weighted by molar-refractivity contribution is 5.74. The van der Waals surface area contributed by atoms with Gasteiger partial charge in [-0.1, -0.05) is 12.2 Å². The zero-order valence-corrected chi connectivity index (χ0v) is 8.73. The lowest BCUT2D eigenvalue weighted by molar-refractivity contribution is 0.279. The first-order chi connectivity index (χ1) is 7.31. The summed E-state index contributed by atoms with van der Waals surface area (Å²) in [5, 5.41) is 0. The Labute approximate surface area is 89.3 Å². The third-order valence-corrected chi connectivity index (χ3v) is 2.43. The van der Waals surface area contributed by atoms with Crippen molar-refractivity contribution in [3.05, 3.63) is 41.9 Å². The third kappa shape index (κ3) is 2.01. The molecule has 0 spiro atoms. The van der Waals surface area contributed by atoms with E-state index in [0.29, 0.717) is 5.69 Å². The van der Waals surface area contributed by atoms with Crippen LogP contribution in [0.1, 0.15) is 18.5 Å². The number of nitrogens with two attached hydrogens (primary N) is 1. The Hall–Kier alpha value is -1.77. The Morgan fingerprint density at radius 2 is 2.27 bits per heavy atom. The van der Waals surface area contributed by atoms with Crippen molar-refractivity contribution in [1.29, 1.82) is 0 Å². The van der Waals surface area contributed by atoms with Crippen LogP contribution in [0.15, 0.2) is 36.2 Å². The monoisotopic (exact) mass is 202 g/mol. The summed E-state index contributed by atoms with van der Waals surface area (Å²) in [4.78, 5) is 4.29. The lowest BCUT2D eigenvalue weighted by atomic mass is 10.0. The summed E-state index contributed by atoms with van der Waals surface area (Å²) in [6.45, 7) is 0. The van der Waals surface area contributed by atoms with Gasteiger partial charge < -0.3 is 10.5 Å². The number of allylic oxidation sites excluding steroid dienone is 4. The number of pyridine rings is 1. The Morgan fingerprint density at radius 3 is 2.93 bits per heavy atom. The van der Waals surface area contributed by atoms with Gasteiger partial charge in [-0.15, -0.1) is 0 Å². The van der Waals surface area contributed by atoms with Crippen LogP contribution in [-0.2, 0) is 4.74 Å². The van der Waals surface area contributed by atoms with Crippen LogP contribution in [0.3, 0.4) is 0 Å². The molecule has 0 bridgehead atoms. The van der Waals surface area contributed by atoms with Gasteiger partial charge in [0, 0.05) is 12.0 Å². The fraction of sp³-hybridized carbons (Fsp3) is 0.250. The Morgan fingerprint density at radius 1 is 1.40 bits per heavy atom. The molecule has 0 atom stereocenters. The molecule has 0 saturated heterocycles. The number of hydrogen-bond acceptors (Lipinski definition) is 3. The first-order valence-electron chi connectivity index (χ1n) is 4.97. The lowest BCUT2D eigenvalue weighted by Gasteiger charge is -2.14. The van der Waals surface area contributed by atoms with Gasteiger partial charge in [0.1, 0.15) is 5.76 Å². The van der Waals surface area contributed by atoms with Crippen LogP contribution in [0.25, 0.3) is 5.57 Å². The largest absolute Gasteiger partial charge is 0.500 e. The molecule has 1 aromatic heterocycles. The summed E-state index contributed by atoms with van der Waals surface area (Å²) in [7, 11) is 1.70. The van der Waals surface area contributed by atoms with E-state index in [0.717, 1.165) is 29.9 Å². The standard InChI is InChI=1S/C12H14N2O/c1-15-12-5-3-2-4-10(12)11-7-6-9(13)8-14-11/h2,4,6-8H,3,5,13H2,1H3. The van der Waals surface area contributed by atoms with E-state index in [2.05, 4.69) is 17.1 Å². The molecule has 0 amide bonds. The maximum absolute atomic E-state index is 5.60. The molecule has 0 aliphatic heterocycles. The van der Waals surface area contributed by atoms with Gasteiger partial charge in [0.2, 0.25) is 0 Å². The van der Waals surface area contributed by atoms with Gasteiger partial charge >= 0.3 is 0 Å². The van der Waals surface area contributed by atoms with Gasteiger partial charge in [-0.05, 0) is 18.6 Å². The van der Waals surface area contributed by atoms with Crippen molar-refractivity contribution >= 4 is 11.3 Å². The molecule has 2 rings (SSSR count). The van der Waals surface area contributed by atoms with Crippen LogP contribution in [0, 0.1) is 0 Å². The quantitative estimate of drug-likeness (QED) is 0.800. The van der Waals surface area contributed by atoms with Crippen LogP contribution in [0.4, 0.5) is 5.69 Å². The minimum atomic E-state index is 0.679. The van der Waals surface area contributed by atoms with Crippen LogP contribution < -0.4 is 5.73 Å². The van der Waals surface area contributed by atoms with E-state index in [9.17, 15) is 0 Å². The maximum Gasteiger partial charge on any atom is 0.105 e. The molecule has 0 fully saturated rings. The van der Waals surface area contributed by atoms with Gasteiger partial charge in [0.05, 0.1) is 24.7 Å². The fourth-order valence-corrected chi connectivity index (χ4v) is 1.65. The number of ether oxygens (including phenoxy) is 1. The molecule has 3 nitrogen and oxygen atoms in total. The summed E-state index contributed by atoms with van der Waals surface area (Å²) in [5.41, 5.74) is 8.25. The SMILES string of the molecule is COC1=C(c2ccc(N)cn2)C=CCC1.